The molecule has 0 aliphatic carbocycles. The summed E-state index contributed by atoms with van der Waals surface area (Å²) < 4.78 is 19.5. The van der Waals surface area contributed by atoms with E-state index in [2.05, 4.69) is 31.0 Å². The molecule has 0 bridgehead atoms. The number of nitrogen functional groups attached to an aromatic ring is 1. The molecule has 0 aliphatic rings. The molecule has 1 aromatic heterocycles. The standard InChI is InChI=1S/C13H10BrClFN3O2/c1-21-13(20)7-5-18-12(17)10(16)11(7)19-9-3-2-6(14)4-8(9)15/h2-5H,1H3,(H3,17,18,19). The summed E-state index contributed by atoms with van der Waals surface area (Å²) >= 11 is 9.33. The first-order valence-electron chi connectivity index (χ1n) is 5.68. The lowest BCUT2D eigenvalue weighted by atomic mass is 10.2. The normalized spacial score (nSPS) is 10.3. The highest BCUT2D eigenvalue weighted by Crippen LogP contribution is 2.32. The van der Waals surface area contributed by atoms with Crippen LogP contribution in [0.5, 0.6) is 0 Å². The number of carbonyl (C=O) groups excluding carboxylic acids is 1. The summed E-state index contributed by atoms with van der Waals surface area (Å²) in [5.74, 6) is -1.92. The Kier molecular flexibility index (Phi) is 4.64. The lowest BCUT2D eigenvalue weighted by Gasteiger charge is -2.13. The molecule has 5 nitrogen and oxygen atoms in total. The van der Waals surface area contributed by atoms with Gasteiger partial charge in [-0.3, -0.25) is 0 Å². The topological polar surface area (TPSA) is 77.2 Å². The molecule has 8 heteroatoms. The number of halogens is 3. The van der Waals surface area contributed by atoms with E-state index in [-0.39, 0.29) is 17.1 Å². The number of pyridine rings is 1. The second-order valence-corrected chi connectivity index (χ2v) is 5.31. The number of esters is 1. The van der Waals surface area contributed by atoms with E-state index in [0.717, 1.165) is 10.7 Å². The summed E-state index contributed by atoms with van der Waals surface area (Å²) in [6.45, 7) is 0. The zero-order chi connectivity index (χ0) is 15.6. The Balaban J connectivity index is 2.51. The number of carbonyl (C=O) groups is 1. The van der Waals surface area contributed by atoms with Gasteiger partial charge in [-0.05, 0) is 18.2 Å². The van der Waals surface area contributed by atoms with E-state index in [1.165, 1.54) is 7.11 Å². The highest BCUT2D eigenvalue weighted by molar-refractivity contribution is 9.10. The molecule has 0 atom stereocenters. The van der Waals surface area contributed by atoms with E-state index in [0.29, 0.717) is 10.7 Å². The zero-order valence-electron chi connectivity index (χ0n) is 10.8. The first-order valence-corrected chi connectivity index (χ1v) is 6.85. The number of ether oxygens (including phenoxy) is 1. The Labute approximate surface area is 133 Å². The second-order valence-electron chi connectivity index (χ2n) is 3.99. The van der Waals surface area contributed by atoms with Gasteiger partial charge in [0.25, 0.3) is 0 Å². The zero-order valence-corrected chi connectivity index (χ0v) is 13.1. The third-order valence-electron chi connectivity index (χ3n) is 2.64. The Morgan fingerprint density at radius 3 is 2.86 bits per heavy atom. The van der Waals surface area contributed by atoms with Crippen LogP contribution >= 0.6 is 27.5 Å². The minimum absolute atomic E-state index is 0.0804. The highest BCUT2D eigenvalue weighted by atomic mass is 79.9. The van der Waals surface area contributed by atoms with E-state index in [1.54, 1.807) is 18.2 Å². The van der Waals surface area contributed by atoms with Gasteiger partial charge in [-0.1, -0.05) is 27.5 Å². The fourth-order valence-electron chi connectivity index (χ4n) is 1.61. The minimum atomic E-state index is -0.850. The maximum absolute atomic E-state index is 14.1. The smallest absolute Gasteiger partial charge is 0.341 e. The average Bonchev–Trinajstić information content (AvgIpc) is 2.45. The number of nitrogens with one attached hydrogen (secondary N) is 1. The van der Waals surface area contributed by atoms with E-state index >= 15 is 0 Å². The molecule has 0 aliphatic heterocycles. The van der Waals surface area contributed by atoms with Crippen molar-refractivity contribution in [2.24, 2.45) is 0 Å². The van der Waals surface area contributed by atoms with Gasteiger partial charge < -0.3 is 15.8 Å². The van der Waals surface area contributed by atoms with Crippen LogP contribution in [0.25, 0.3) is 0 Å². The molecular weight excluding hydrogens is 365 g/mol. The number of methoxy groups -OCH3 is 1. The maximum atomic E-state index is 14.1. The number of hydrogen-bond donors (Lipinski definition) is 2. The molecule has 1 aromatic carbocycles. The van der Waals surface area contributed by atoms with Gasteiger partial charge in [-0.15, -0.1) is 0 Å². The van der Waals surface area contributed by atoms with Crippen LogP contribution < -0.4 is 11.1 Å². The molecule has 110 valence electrons. The van der Waals surface area contributed by atoms with E-state index in [9.17, 15) is 9.18 Å². The van der Waals surface area contributed by atoms with Gasteiger partial charge in [0.2, 0.25) is 0 Å². The van der Waals surface area contributed by atoms with Crippen LogP contribution in [-0.4, -0.2) is 18.1 Å². The molecule has 3 N–H and O–H groups in total. The van der Waals surface area contributed by atoms with Crippen LogP contribution in [0.15, 0.2) is 28.9 Å². The predicted octanol–water partition coefficient (Wildman–Crippen LogP) is 3.75. The molecule has 1 heterocycles. The van der Waals surface area contributed by atoms with Crippen LogP contribution in [0.2, 0.25) is 5.02 Å². The molecular formula is C13H10BrClFN3O2. The molecule has 0 fully saturated rings. The number of benzene rings is 1. The first-order chi connectivity index (χ1) is 9.93. The van der Waals surface area contributed by atoms with Crippen molar-refractivity contribution in [3.63, 3.8) is 0 Å². The minimum Gasteiger partial charge on any atom is -0.465 e. The van der Waals surface area contributed by atoms with Crippen LogP contribution in [0.4, 0.5) is 21.6 Å². The van der Waals surface area contributed by atoms with Gasteiger partial charge in [-0.25, -0.2) is 14.2 Å². The highest BCUT2D eigenvalue weighted by Gasteiger charge is 2.20. The molecule has 2 aromatic rings. The Morgan fingerprint density at radius 2 is 2.24 bits per heavy atom. The van der Waals surface area contributed by atoms with Crippen molar-refractivity contribution >= 4 is 50.7 Å². The Hall–Kier alpha value is -1.86. The van der Waals surface area contributed by atoms with Gasteiger partial charge in [0.1, 0.15) is 5.56 Å². The van der Waals surface area contributed by atoms with E-state index in [4.69, 9.17) is 17.3 Å². The number of rotatable bonds is 3. The summed E-state index contributed by atoms with van der Waals surface area (Å²) in [5, 5.41) is 3.09. The lowest BCUT2D eigenvalue weighted by Crippen LogP contribution is -2.10. The average molecular weight is 375 g/mol. The Morgan fingerprint density at radius 1 is 1.52 bits per heavy atom. The Bertz CT molecular complexity index is 712. The number of hydrogen-bond acceptors (Lipinski definition) is 5. The third kappa shape index (κ3) is 3.25. The molecule has 0 unspecified atom stereocenters. The summed E-state index contributed by atoms with van der Waals surface area (Å²) in [6, 6.07) is 4.97. The van der Waals surface area contributed by atoms with Crippen molar-refractivity contribution in [3.05, 3.63) is 45.3 Å². The molecule has 0 saturated carbocycles. The van der Waals surface area contributed by atoms with Crippen molar-refractivity contribution in [1.29, 1.82) is 0 Å². The van der Waals surface area contributed by atoms with Gasteiger partial charge in [0.05, 0.1) is 23.5 Å². The fourth-order valence-corrected chi connectivity index (χ4v) is 2.33. The predicted molar refractivity (Wildman–Crippen MR) is 82.4 cm³/mol. The van der Waals surface area contributed by atoms with E-state index in [1.807, 2.05) is 0 Å². The van der Waals surface area contributed by atoms with Gasteiger partial charge >= 0.3 is 5.97 Å². The number of aromatic nitrogens is 1. The van der Waals surface area contributed by atoms with Crippen LogP contribution in [0.1, 0.15) is 10.4 Å². The summed E-state index contributed by atoms with van der Waals surface area (Å²) in [4.78, 5) is 15.3. The van der Waals surface area contributed by atoms with Gasteiger partial charge in [0.15, 0.2) is 11.6 Å². The van der Waals surface area contributed by atoms with Crippen molar-refractivity contribution < 1.29 is 13.9 Å². The van der Waals surface area contributed by atoms with Gasteiger partial charge in [-0.2, -0.15) is 0 Å². The van der Waals surface area contributed by atoms with Crippen LogP contribution in [0, 0.1) is 5.82 Å². The van der Waals surface area contributed by atoms with E-state index < -0.39 is 11.8 Å². The first kappa shape index (κ1) is 15.5. The quantitative estimate of drug-likeness (QED) is 0.800. The summed E-state index contributed by atoms with van der Waals surface area (Å²) in [7, 11) is 1.19. The number of anilines is 3. The SMILES string of the molecule is COC(=O)c1cnc(N)c(F)c1Nc1ccc(Br)cc1Cl. The second kappa shape index (κ2) is 6.28. The summed E-state index contributed by atoms with van der Waals surface area (Å²) in [6.07, 6.45) is 1.14. The third-order valence-corrected chi connectivity index (χ3v) is 3.45. The van der Waals surface area contributed by atoms with Crippen molar-refractivity contribution in [1.82, 2.24) is 4.98 Å². The summed E-state index contributed by atoms with van der Waals surface area (Å²) in [5.41, 5.74) is 5.62. The fraction of sp³-hybridized carbons (Fsp3) is 0.0769. The monoisotopic (exact) mass is 373 g/mol. The molecule has 0 saturated heterocycles. The van der Waals surface area contributed by atoms with Crippen molar-refractivity contribution in [3.8, 4) is 0 Å². The maximum Gasteiger partial charge on any atom is 0.341 e. The molecule has 21 heavy (non-hydrogen) atoms. The molecule has 0 radical (unpaired) electrons. The van der Waals surface area contributed by atoms with Crippen molar-refractivity contribution in [2.75, 3.05) is 18.2 Å². The van der Waals surface area contributed by atoms with Gasteiger partial charge in [0, 0.05) is 10.7 Å². The van der Waals surface area contributed by atoms with Crippen LogP contribution in [-0.2, 0) is 4.74 Å². The largest absolute Gasteiger partial charge is 0.465 e. The van der Waals surface area contributed by atoms with Crippen LogP contribution in [0.3, 0.4) is 0 Å². The molecule has 0 spiro atoms. The molecule has 0 amide bonds. The van der Waals surface area contributed by atoms with Crippen molar-refractivity contribution in [2.45, 2.75) is 0 Å². The number of nitrogens with two attached hydrogens (primary N) is 1. The number of nitrogens with zero attached hydrogens (tertiary/aromatic N) is 1. The molecule has 2 rings (SSSR count). The lowest BCUT2D eigenvalue weighted by molar-refractivity contribution is 0.0601.